The van der Waals surface area contributed by atoms with Gasteiger partial charge in [-0.2, -0.15) is 0 Å². The summed E-state index contributed by atoms with van der Waals surface area (Å²) in [6, 6.07) is 3.71. The lowest BCUT2D eigenvalue weighted by Gasteiger charge is -2.20. The Morgan fingerprint density at radius 2 is 2.19 bits per heavy atom. The van der Waals surface area contributed by atoms with Crippen molar-refractivity contribution in [2.24, 2.45) is 0 Å². The van der Waals surface area contributed by atoms with Gasteiger partial charge in [-0.15, -0.1) is 0 Å². The molecule has 1 saturated heterocycles. The molecule has 3 rings (SSSR count). The lowest BCUT2D eigenvalue weighted by atomic mass is 10.2. The highest BCUT2D eigenvalue weighted by molar-refractivity contribution is 5.53. The van der Waals surface area contributed by atoms with Crippen molar-refractivity contribution in [1.82, 2.24) is 9.88 Å². The van der Waals surface area contributed by atoms with Gasteiger partial charge in [-0.1, -0.05) is 0 Å². The fourth-order valence-corrected chi connectivity index (χ4v) is 2.66. The highest BCUT2D eigenvalue weighted by Crippen LogP contribution is 2.23. The Morgan fingerprint density at radius 3 is 2.95 bits per heavy atom. The molecule has 0 saturated carbocycles. The molecular formula is C15H16F2N2O2. The highest BCUT2D eigenvalue weighted by atomic mass is 19.2. The Bertz CT molecular complexity index is 630. The predicted octanol–water partition coefficient (Wildman–Crippen LogP) is 2.58. The van der Waals surface area contributed by atoms with E-state index in [0.717, 1.165) is 37.2 Å². The van der Waals surface area contributed by atoms with Crippen LogP contribution in [-0.4, -0.2) is 34.2 Å². The molecule has 4 nitrogen and oxygen atoms in total. The smallest absolute Gasteiger partial charge is 0.226 e. The standard InChI is InChI=1S/C15H16F2N2O2/c16-13-4-3-10(6-14(13)17)15-18-11(9-21-15)7-19-5-1-2-12(19)8-20/h3-4,6,9,12,20H,1-2,5,7-8H2. The minimum Gasteiger partial charge on any atom is -0.444 e. The van der Waals surface area contributed by atoms with Crippen LogP contribution in [0.5, 0.6) is 0 Å². The van der Waals surface area contributed by atoms with E-state index >= 15 is 0 Å². The third kappa shape index (κ3) is 2.96. The van der Waals surface area contributed by atoms with Crippen molar-refractivity contribution in [3.8, 4) is 11.5 Å². The van der Waals surface area contributed by atoms with Gasteiger partial charge in [-0.3, -0.25) is 4.90 Å². The molecule has 1 fully saturated rings. The van der Waals surface area contributed by atoms with E-state index in [-0.39, 0.29) is 18.5 Å². The molecule has 0 bridgehead atoms. The Balaban J connectivity index is 1.75. The van der Waals surface area contributed by atoms with Gasteiger partial charge in [0.2, 0.25) is 5.89 Å². The molecule has 21 heavy (non-hydrogen) atoms. The lowest BCUT2D eigenvalue weighted by Crippen LogP contribution is -2.31. The number of halogens is 2. The molecule has 1 aliphatic heterocycles. The van der Waals surface area contributed by atoms with Crippen LogP contribution >= 0.6 is 0 Å². The van der Waals surface area contributed by atoms with E-state index in [1.54, 1.807) is 0 Å². The zero-order valence-electron chi connectivity index (χ0n) is 11.4. The molecule has 6 heteroatoms. The number of likely N-dealkylation sites (tertiary alicyclic amines) is 1. The second-order valence-electron chi connectivity index (χ2n) is 5.22. The molecule has 1 aromatic carbocycles. The van der Waals surface area contributed by atoms with Gasteiger partial charge in [0, 0.05) is 18.2 Å². The van der Waals surface area contributed by atoms with Crippen molar-refractivity contribution in [2.75, 3.05) is 13.2 Å². The number of aliphatic hydroxyl groups excluding tert-OH is 1. The van der Waals surface area contributed by atoms with E-state index in [1.165, 1.54) is 12.3 Å². The molecular weight excluding hydrogens is 278 g/mol. The zero-order chi connectivity index (χ0) is 14.8. The topological polar surface area (TPSA) is 49.5 Å². The average molecular weight is 294 g/mol. The first kappa shape index (κ1) is 14.2. The van der Waals surface area contributed by atoms with Gasteiger partial charge in [-0.25, -0.2) is 13.8 Å². The van der Waals surface area contributed by atoms with Crippen molar-refractivity contribution < 1.29 is 18.3 Å². The van der Waals surface area contributed by atoms with Gasteiger partial charge >= 0.3 is 0 Å². The normalized spacial score (nSPS) is 19.3. The summed E-state index contributed by atoms with van der Waals surface area (Å²) < 4.78 is 31.5. The molecule has 0 radical (unpaired) electrons. The van der Waals surface area contributed by atoms with Crippen LogP contribution in [0.25, 0.3) is 11.5 Å². The van der Waals surface area contributed by atoms with E-state index in [9.17, 15) is 13.9 Å². The van der Waals surface area contributed by atoms with Gasteiger partial charge in [0.05, 0.1) is 12.3 Å². The fraction of sp³-hybridized carbons (Fsp3) is 0.400. The van der Waals surface area contributed by atoms with E-state index in [2.05, 4.69) is 9.88 Å². The third-order valence-electron chi connectivity index (χ3n) is 3.79. The first-order valence-corrected chi connectivity index (χ1v) is 6.92. The van der Waals surface area contributed by atoms with Gasteiger partial charge in [0.15, 0.2) is 11.6 Å². The molecule has 0 amide bonds. The fourth-order valence-electron chi connectivity index (χ4n) is 2.66. The van der Waals surface area contributed by atoms with E-state index < -0.39 is 11.6 Å². The van der Waals surface area contributed by atoms with Crippen molar-refractivity contribution >= 4 is 0 Å². The van der Waals surface area contributed by atoms with Gasteiger partial charge in [-0.05, 0) is 37.6 Å². The summed E-state index contributed by atoms with van der Waals surface area (Å²) >= 11 is 0. The number of aliphatic hydroxyl groups is 1. The minimum absolute atomic E-state index is 0.133. The van der Waals surface area contributed by atoms with Crippen LogP contribution < -0.4 is 0 Å². The number of rotatable bonds is 4. The molecule has 2 aromatic rings. The minimum atomic E-state index is -0.924. The van der Waals surface area contributed by atoms with Gasteiger partial charge < -0.3 is 9.52 Å². The number of hydrogen-bond donors (Lipinski definition) is 1. The Kier molecular flexibility index (Phi) is 3.98. The Hall–Kier alpha value is -1.79. The predicted molar refractivity (Wildman–Crippen MR) is 72.4 cm³/mol. The quantitative estimate of drug-likeness (QED) is 0.941. The average Bonchev–Trinajstić information content (AvgIpc) is 3.11. The Morgan fingerprint density at radius 1 is 1.33 bits per heavy atom. The molecule has 1 aromatic heterocycles. The summed E-state index contributed by atoms with van der Waals surface area (Å²) in [6.07, 6.45) is 3.55. The van der Waals surface area contributed by atoms with Crippen LogP contribution in [0.1, 0.15) is 18.5 Å². The van der Waals surface area contributed by atoms with Crippen molar-refractivity contribution in [2.45, 2.75) is 25.4 Å². The van der Waals surface area contributed by atoms with Crippen LogP contribution in [0, 0.1) is 11.6 Å². The first-order chi connectivity index (χ1) is 10.2. The van der Waals surface area contributed by atoms with E-state index in [0.29, 0.717) is 12.1 Å². The maximum absolute atomic E-state index is 13.2. The third-order valence-corrected chi connectivity index (χ3v) is 3.79. The molecule has 0 spiro atoms. The van der Waals surface area contributed by atoms with Crippen LogP contribution in [-0.2, 0) is 6.54 Å². The van der Waals surface area contributed by atoms with E-state index in [4.69, 9.17) is 4.42 Å². The highest BCUT2D eigenvalue weighted by Gasteiger charge is 2.24. The summed E-state index contributed by atoms with van der Waals surface area (Å²) in [6.45, 7) is 1.63. The largest absolute Gasteiger partial charge is 0.444 e. The summed E-state index contributed by atoms with van der Waals surface area (Å²) in [5.74, 6) is -1.55. The van der Waals surface area contributed by atoms with E-state index in [1.807, 2.05) is 0 Å². The number of nitrogens with zero attached hydrogens (tertiary/aromatic N) is 2. The SMILES string of the molecule is OCC1CCCN1Cc1coc(-c2ccc(F)c(F)c2)n1. The molecule has 1 aliphatic rings. The molecule has 0 aliphatic carbocycles. The molecule has 1 atom stereocenters. The Labute approximate surface area is 121 Å². The molecule has 1 unspecified atom stereocenters. The van der Waals surface area contributed by atoms with Gasteiger partial charge in [0.25, 0.3) is 0 Å². The second-order valence-corrected chi connectivity index (χ2v) is 5.22. The summed E-state index contributed by atoms with van der Waals surface area (Å²) in [5, 5.41) is 9.29. The molecule has 112 valence electrons. The lowest BCUT2D eigenvalue weighted by molar-refractivity contribution is 0.152. The number of benzene rings is 1. The maximum Gasteiger partial charge on any atom is 0.226 e. The van der Waals surface area contributed by atoms with Crippen molar-refractivity contribution in [3.63, 3.8) is 0 Å². The summed E-state index contributed by atoms with van der Waals surface area (Å²) in [5.41, 5.74) is 1.12. The monoisotopic (exact) mass is 294 g/mol. The first-order valence-electron chi connectivity index (χ1n) is 6.92. The number of aromatic nitrogens is 1. The van der Waals surface area contributed by atoms with Gasteiger partial charge in [0.1, 0.15) is 6.26 Å². The van der Waals surface area contributed by atoms with Crippen LogP contribution in [0.2, 0.25) is 0 Å². The molecule has 1 N–H and O–H groups in total. The maximum atomic E-state index is 13.2. The van der Waals surface area contributed by atoms with Crippen LogP contribution in [0.15, 0.2) is 28.9 Å². The number of hydrogen-bond acceptors (Lipinski definition) is 4. The second kappa shape index (κ2) is 5.91. The zero-order valence-corrected chi connectivity index (χ0v) is 11.4. The van der Waals surface area contributed by atoms with Crippen molar-refractivity contribution in [1.29, 1.82) is 0 Å². The summed E-state index contributed by atoms with van der Waals surface area (Å²) in [4.78, 5) is 6.45. The van der Waals surface area contributed by atoms with Crippen LogP contribution in [0.3, 0.4) is 0 Å². The van der Waals surface area contributed by atoms with Crippen molar-refractivity contribution in [3.05, 3.63) is 41.8 Å². The van der Waals surface area contributed by atoms with Crippen LogP contribution in [0.4, 0.5) is 8.78 Å². The summed E-state index contributed by atoms with van der Waals surface area (Å²) in [7, 11) is 0. The number of oxazole rings is 1. The molecule has 2 heterocycles.